The fraction of sp³-hybridized carbons (Fsp3) is 0.467. The molecule has 20 heavy (non-hydrogen) atoms. The lowest BCUT2D eigenvalue weighted by Gasteiger charge is -2.33. The third-order valence-electron chi connectivity index (χ3n) is 3.46. The van der Waals surface area contributed by atoms with E-state index in [1.807, 2.05) is 12.1 Å². The molecular formula is C15H17BrClNO2. The van der Waals surface area contributed by atoms with Gasteiger partial charge in [0.15, 0.2) is 5.78 Å². The second-order valence-electron chi connectivity index (χ2n) is 5.50. The summed E-state index contributed by atoms with van der Waals surface area (Å²) in [7, 11) is 0. The molecule has 0 aromatic heterocycles. The minimum Gasteiger partial charge on any atom is -0.312 e. The Morgan fingerprint density at radius 3 is 2.75 bits per heavy atom. The Balaban J connectivity index is 2.25. The average Bonchev–Trinajstić information content (AvgIpc) is 2.37. The van der Waals surface area contributed by atoms with Crippen molar-refractivity contribution in [3.8, 4) is 0 Å². The Morgan fingerprint density at radius 1 is 1.45 bits per heavy atom. The maximum Gasteiger partial charge on any atom is 0.237 e. The summed E-state index contributed by atoms with van der Waals surface area (Å²) in [4.78, 5) is 26.6. The van der Waals surface area contributed by atoms with Crippen molar-refractivity contribution in [1.29, 1.82) is 0 Å². The van der Waals surface area contributed by atoms with Crippen LogP contribution in [-0.4, -0.2) is 22.6 Å². The van der Waals surface area contributed by atoms with Crippen LogP contribution in [0.1, 0.15) is 26.7 Å². The van der Waals surface area contributed by atoms with Crippen molar-refractivity contribution in [1.82, 2.24) is 0 Å². The summed E-state index contributed by atoms with van der Waals surface area (Å²) in [6, 6.07) is 7.18. The summed E-state index contributed by atoms with van der Waals surface area (Å²) in [5.41, 5.74) is 0.757. The first kappa shape index (κ1) is 15.5. The van der Waals surface area contributed by atoms with Crippen molar-refractivity contribution in [2.75, 3.05) is 11.4 Å². The summed E-state index contributed by atoms with van der Waals surface area (Å²) in [5, 5.41) is 0.588. The maximum absolute atomic E-state index is 12.6. The second kappa shape index (κ2) is 5.86. The smallest absolute Gasteiger partial charge is 0.237 e. The van der Waals surface area contributed by atoms with Gasteiger partial charge >= 0.3 is 0 Å². The molecule has 1 aliphatic heterocycles. The van der Waals surface area contributed by atoms with Gasteiger partial charge in [-0.25, -0.2) is 0 Å². The first-order valence-electron chi connectivity index (χ1n) is 6.61. The van der Waals surface area contributed by atoms with E-state index in [2.05, 4.69) is 15.9 Å². The molecule has 0 N–H and O–H groups in total. The number of hydrogen-bond donors (Lipinski definition) is 0. The lowest BCUT2D eigenvalue weighted by molar-refractivity contribution is -0.134. The number of nitrogens with zero attached hydrogens (tertiary/aromatic N) is 1. The summed E-state index contributed by atoms with van der Waals surface area (Å²) >= 11 is 9.32. The van der Waals surface area contributed by atoms with Crippen LogP contribution in [0.2, 0.25) is 5.02 Å². The quantitative estimate of drug-likeness (QED) is 0.608. The van der Waals surface area contributed by atoms with E-state index in [4.69, 9.17) is 11.6 Å². The number of alkyl halides is 1. The van der Waals surface area contributed by atoms with Crippen LogP contribution in [0.4, 0.5) is 5.69 Å². The number of benzene rings is 1. The number of amides is 1. The molecule has 1 fully saturated rings. The Bertz CT molecular complexity index is 539. The van der Waals surface area contributed by atoms with Gasteiger partial charge in [-0.2, -0.15) is 0 Å². The Kier molecular flexibility index (Phi) is 4.55. The number of hydrogen-bond acceptors (Lipinski definition) is 2. The highest BCUT2D eigenvalue weighted by Gasteiger charge is 2.40. The molecule has 0 spiro atoms. The van der Waals surface area contributed by atoms with E-state index in [0.717, 1.165) is 12.1 Å². The molecule has 1 saturated heterocycles. The predicted octanol–water partition coefficient (Wildman–Crippen LogP) is 3.83. The molecule has 0 bridgehead atoms. The fourth-order valence-corrected chi connectivity index (χ4v) is 2.89. The molecule has 1 aromatic carbocycles. The SMILES string of the molecule is CC(C)(Br)C(=O)C1CCCN(c2cccc(Cl)c2)C1=O. The predicted molar refractivity (Wildman–Crippen MR) is 84.5 cm³/mol. The summed E-state index contributed by atoms with van der Waals surface area (Å²) in [6.07, 6.45) is 1.43. The number of halogens is 2. The molecule has 0 radical (unpaired) electrons. The van der Waals surface area contributed by atoms with Gasteiger partial charge in [0.2, 0.25) is 5.91 Å². The van der Waals surface area contributed by atoms with Crippen LogP contribution in [0, 0.1) is 5.92 Å². The Labute approximate surface area is 132 Å². The van der Waals surface area contributed by atoms with Gasteiger partial charge in [-0.1, -0.05) is 33.6 Å². The normalized spacial score (nSPS) is 20.1. The number of Topliss-reactive ketones (excluding diaryl/α,β-unsaturated/α-hetero) is 1. The Morgan fingerprint density at radius 2 is 2.15 bits per heavy atom. The summed E-state index contributed by atoms with van der Waals surface area (Å²) < 4.78 is -0.676. The lowest BCUT2D eigenvalue weighted by atomic mass is 9.87. The van der Waals surface area contributed by atoms with Crippen LogP contribution in [0.3, 0.4) is 0 Å². The van der Waals surface area contributed by atoms with E-state index >= 15 is 0 Å². The highest BCUT2D eigenvalue weighted by Crippen LogP contribution is 2.31. The molecule has 0 aliphatic carbocycles. The van der Waals surface area contributed by atoms with E-state index in [1.54, 1.807) is 30.9 Å². The minimum absolute atomic E-state index is 0.0609. The van der Waals surface area contributed by atoms with Crippen molar-refractivity contribution in [3.05, 3.63) is 29.3 Å². The van der Waals surface area contributed by atoms with E-state index in [-0.39, 0.29) is 11.7 Å². The van der Waals surface area contributed by atoms with Gasteiger partial charge in [-0.3, -0.25) is 9.59 Å². The van der Waals surface area contributed by atoms with E-state index in [9.17, 15) is 9.59 Å². The van der Waals surface area contributed by atoms with Crippen molar-refractivity contribution >= 4 is 44.9 Å². The van der Waals surface area contributed by atoms with Crippen molar-refractivity contribution in [2.45, 2.75) is 31.0 Å². The average molecular weight is 359 g/mol. The van der Waals surface area contributed by atoms with Gasteiger partial charge in [-0.15, -0.1) is 0 Å². The molecule has 1 amide bonds. The molecular weight excluding hydrogens is 342 g/mol. The van der Waals surface area contributed by atoms with E-state index in [0.29, 0.717) is 18.0 Å². The molecule has 0 saturated carbocycles. The largest absolute Gasteiger partial charge is 0.312 e. The molecule has 1 atom stereocenters. The number of rotatable bonds is 3. The Hall–Kier alpha value is -0.870. The molecule has 2 rings (SSSR count). The highest BCUT2D eigenvalue weighted by atomic mass is 79.9. The van der Waals surface area contributed by atoms with Gasteiger partial charge in [0, 0.05) is 17.3 Å². The monoisotopic (exact) mass is 357 g/mol. The van der Waals surface area contributed by atoms with E-state index < -0.39 is 10.2 Å². The molecule has 1 aliphatic rings. The second-order valence-corrected chi connectivity index (χ2v) is 7.92. The van der Waals surface area contributed by atoms with Crippen molar-refractivity contribution in [2.24, 2.45) is 5.92 Å². The van der Waals surface area contributed by atoms with Crippen LogP contribution in [0.25, 0.3) is 0 Å². The first-order valence-corrected chi connectivity index (χ1v) is 7.78. The molecule has 1 aromatic rings. The zero-order valence-corrected chi connectivity index (χ0v) is 13.9. The number of carbonyl (C=O) groups is 2. The minimum atomic E-state index is -0.676. The molecule has 1 unspecified atom stereocenters. The van der Waals surface area contributed by atoms with Crippen LogP contribution < -0.4 is 4.90 Å². The summed E-state index contributed by atoms with van der Waals surface area (Å²) in [5.74, 6) is -0.762. The zero-order valence-electron chi connectivity index (χ0n) is 11.5. The third-order valence-corrected chi connectivity index (χ3v) is 4.09. The standard InChI is InChI=1S/C15H17BrClNO2/c1-15(2,16)13(19)12-7-4-8-18(14(12)20)11-6-3-5-10(17)9-11/h3,5-6,9,12H,4,7-8H2,1-2H3. The maximum atomic E-state index is 12.6. The van der Waals surface area contributed by atoms with Gasteiger partial charge < -0.3 is 4.90 Å². The number of piperidine rings is 1. The molecule has 3 nitrogen and oxygen atoms in total. The lowest BCUT2D eigenvalue weighted by Crippen LogP contribution is -2.48. The van der Waals surface area contributed by atoms with Crippen molar-refractivity contribution in [3.63, 3.8) is 0 Å². The van der Waals surface area contributed by atoms with Gasteiger partial charge in [0.05, 0.1) is 10.2 Å². The van der Waals surface area contributed by atoms with Crippen LogP contribution >= 0.6 is 27.5 Å². The van der Waals surface area contributed by atoms with Crippen LogP contribution in [0.15, 0.2) is 24.3 Å². The van der Waals surface area contributed by atoms with Gasteiger partial charge in [0.25, 0.3) is 0 Å². The van der Waals surface area contributed by atoms with Crippen LogP contribution in [0.5, 0.6) is 0 Å². The van der Waals surface area contributed by atoms with E-state index in [1.165, 1.54) is 0 Å². The number of carbonyl (C=O) groups excluding carboxylic acids is 2. The highest BCUT2D eigenvalue weighted by molar-refractivity contribution is 9.10. The van der Waals surface area contributed by atoms with Gasteiger partial charge in [-0.05, 0) is 44.9 Å². The summed E-state index contributed by atoms with van der Waals surface area (Å²) in [6.45, 7) is 4.19. The first-order chi connectivity index (χ1) is 9.30. The molecule has 1 heterocycles. The van der Waals surface area contributed by atoms with Crippen LogP contribution in [-0.2, 0) is 9.59 Å². The van der Waals surface area contributed by atoms with Crippen molar-refractivity contribution < 1.29 is 9.59 Å². The molecule has 108 valence electrons. The number of anilines is 1. The third kappa shape index (κ3) is 3.23. The number of ketones is 1. The fourth-order valence-electron chi connectivity index (χ4n) is 2.43. The zero-order chi connectivity index (χ0) is 14.9. The molecule has 5 heteroatoms. The van der Waals surface area contributed by atoms with Gasteiger partial charge in [0.1, 0.15) is 0 Å². The topological polar surface area (TPSA) is 37.4 Å².